The smallest absolute Gasteiger partial charge is 0.0257 e. The Morgan fingerprint density at radius 3 is 2.71 bits per heavy atom. The fraction of sp³-hybridized carbons (Fsp3) is 0.867. The van der Waals surface area contributed by atoms with E-state index in [1.54, 1.807) is 0 Å². The first-order valence-corrected chi connectivity index (χ1v) is 7.40. The molecule has 2 aliphatic heterocycles. The number of hydrogen-bond donors (Lipinski definition) is 0. The van der Waals surface area contributed by atoms with Gasteiger partial charge in [0.25, 0.3) is 0 Å². The van der Waals surface area contributed by atoms with Crippen molar-refractivity contribution in [2.24, 2.45) is 5.92 Å². The Hall–Kier alpha value is -0.340. The predicted octanol–water partition coefficient (Wildman–Crippen LogP) is 2.76. The topological polar surface area (TPSA) is 6.48 Å². The lowest BCUT2D eigenvalue weighted by molar-refractivity contribution is 0.138. The molecule has 0 spiro atoms. The molecule has 0 bridgehead atoms. The van der Waals surface area contributed by atoms with E-state index in [2.05, 4.69) is 36.3 Å². The summed E-state index contributed by atoms with van der Waals surface area (Å²) in [5, 5.41) is 0. The minimum absolute atomic E-state index is 0.728. The summed E-state index contributed by atoms with van der Waals surface area (Å²) >= 11 is 0. The number of likely N-dealkylation sites (N-methyl/N-ethyl adjacent to an activating group) is 1. The SMILES string of the molecule is C=C[C@@H]1CC(C2CCCN2CC)N(CCC)C1. The Kier molecular flexibility index (Phi) is 4.63. The van der Waals surface area contributed by atoms with E-state index in [1.165, 1.54) is 51.9 Å². The summed E-state index contributed by atoms with van der Waals surface area (Å²) in [5.74, 6) is 0.728. The molecule has 0 aromatic carbocycles. The lowest BCUT2D eigenvalue weighted by atomic mass is 9.98. The van der Waals surface area contributed by atoms with Gasteiger partial charge in [0, 0.05) is 18.6 Å². The molecule has 0 aromatic heterocycles. The van der Waals surface area contributed by atoms with Crippen molar-refractivity contribution in [3.8, 4) is 0 Å². The first-order chi connectivity index (χ1) is 8.30. The van der Waals surface area contributed by atoms with Gasteiger partial charge < -0.3 is 0 Å². The van der Waals surface area contributed by atoms with Gasteiger partial charge in [0.15, 0.2) is 0 Å². The summed E-state index contributed by atoms with van der Waals surface area (Å²) in [5.41, 5.74) is 0. The summed E-state index contributed by atoms with van der Waals surface area (Å²) in [6.07, 6.45) is 7.59. The van der Waals surface area contributed by atoms with Crippen LogP contribution < -0.4 is 0 Å². The van der Waals surface area contributed by atoms with Gasteiger partial charge in [-0.1, -0.05) is 19.9 Å². The zero-order valence-electron chi connectivity index (χ0n) is 11.6. The van der Waals surface area contributed by atoms with Crippen molar-refractivity contribution < 1.29 is 0 Å². The molecule has 98 valence electrons. The Labute approximate surface area is 107 Å². The Morgan fingerprint density at radius 1 is 1.24 bits per heavy atom. The highest BCUT2D eigenvalue weighted by Gasteiger charge is 2.39. The van der Waals surface area contributed by atoms with Gasteiger partial charge >= 0.3 is 0 Å². The molecule has 17 heavy (non-hydrogen) atoms. The minimum Gasteiger partial charge on any atom is -0.299 e. The Bertz CT molecular complexity index is 251. The molecule has 0 N–H and O–H groups in total. The molecule has 2 aliphatic rings. The molecule has 3 atom stereocenters. The maximum absolute atomic E-state index is 4.00. The van der Waals surface area contributed by atoms with Crippen LogP contribution in [0.3, 0.4) is 0 Å². The molecule has 2 heterocycles. The highest BCUT2D eigenvalue weighted by atomic mass is 15.3. The number of nitrogens with zero attached hydrogens (tertiary/aromatic N) is 2. The van der Waals surface area contributed by atoms with Crippen molar-refractivity contribution in [3.05, 3.63) is 12.7 Å². The number of rotatable bonds is 5. The maximum Gasteiger partial charge on any atom is 0.0257 e. The second-order valence-electron chi connectivity index (χ2n) is 5.63. The second-order valence-corrected chi connectivity index (χ2v) is 5.63. The van der Waals surface area contributed by atoms with Gasteiger partial charge in [0.05, 0.1) is 0 Å². The lowest BCUT2D eigenvalue weighted by Gasteiger charge is -2.34. The summed E-state index contributed by atoms with van der Waals surface area (Å²) in [4.78, 5) is 5.42. The summed E-state index contributed by atoms with van der Waals surface area (Å²) < 4.78 is 0. The van der Waals surface area contributed by atoms with Crippen molar-refractivity contribution in [2.45, 2.75) is 51.6 Å². The number of hydrogen-bond acceptors (Lipinski definition) is 2. The molecule has 0 aromatic rings. The average molecular weight is 236 g/mol. The van der Waals surface area contributed by atoms with Gasteiger partial charge in [-0.05, 0) is 51.2 Å². The van der Waals surface area contributed by atoms with Gasteiger partial charge in [-0.25, -0.2) is 0 Å². The van der Waals surface area contributed by atoms with Crippen LogP contribution in [-0.2, 0) is 0 Å². The third kappa shape index (κ3) is 2.74. The quantitative estimate of drug-likeness (QED) is 0.677. The molecule has 0 aliphatic carbocycles. The molecule has 2 nitrogen and oxygen atoms in total. The van der Waals surface area contributed by atoms with Crippen LogP contribution in [0.5, 0.6) is 0 Å². The molecule has 0 radical (unpaired) electrons. The normalized spacial score (nSPS) is 35.5. The molecule has 2 fully saturated rings. The highest BCUT2D eigenvalue weighted by molar-refractivity contribution is 5.00. The molecule has 0 saturated carbocycles. The van der Waals surface area contributed by atoms with Crippen LogP contribution >= 0.6 is 0 Å². The van der Waals surface area contributed by atoms with Crippen LogP contribution in [0.2, 0.25) is 0 Å². The Morgan fingerprint density at radius 2 is 2.06 bits per heavy atom. The first kappa shape index (κ1) is 13.1. The second kappa shape index (κ2) is 6.01. The van der Waals surface area contributed by atoms with Crippen LogP contribution in [-0.4, -0.2) is 48.1 Å². The van der Waals surface area contributed by atoms with E-state index in [4.69, 9.17) is 0 Å². The zero-order valence-corrected chi connectivity index (χ0v) is 11.6. The summed E-state index contributed by atoms with van der Waals surface area (Å²) in [6, 6.07) is 1.61. The van der Waals surface area contributed by atoms with E-state index >= 15 is 0 Å². The largest absolute Gasteiger partial charge is 0.299 e. The molecule has 2 rings (SSSR count). The molecule has 2 saturated heterocycles. The minimum atomic E-state index is 0.728. The van der Waals surface area contributed by atoms with Crippen LogP contribution in [0.15, 0.2) is 12.7 Å². The average Bonchev–Trinajstić information content (AvgIpc) is 2.94. The third-order valence-corrected chi connectivity index (χ3v) is 4.59. The lowest BCUT2D eigenvalue weighted by Crippen LogP contribution is -2.46. The zero-order chi connectivity index (χ0) is 12.3. The van der Waals surface area contributed by atoms with Crippen LogP contribution in [0.4, 0.5) is 0 Å². The van der Waals surface area contributed by atoms with Gasteiger partial charge in [-0.2, -0.15) is 0 Å². The highest BCUT2D eigenvalue weighted by Crippen LogP contribution is 2.32. The van der Waals surface area contributed by atoms with E-state index in [0.29, 0.717) is 0 Å². The summed E-state index contributed by atoms with van der Waals surface area (Å²) in [6.45, 7) is 13.7. The van der Waals surface area contributed by atoms with Gasteiger partial charge in [-0.3, -0.25) is 9.80 Å². The fourth-order valence-corrected chi connectivity index (χ4v) is 3.77. The van der Waals surface area contributed by atoms with Crippen molar-refractivity contribution in [2.75, 3.05) is 26.2 Å². The van der Waals surface area contributed by atoms with Crippen molar-refractivity contribution >= 4 is 0 Å². The molecular weight excluding hydrogens is 208 g/mol. The van der Waals surface area contributed by atoms with Gasteiger partial charge in [-0.15, -0.1) is 6.58 Å². The predicted molar refractivity (Wildman–Crippen MR) is 74.2 cm³/mol. The molecule has 2 heteroatoms. The Balaban J connectivity index is 2.03. The van der Waals surface area contributed by atoms with Crippen LogP contribution in [0.1, 0.15) is 39.5 Å². The molecule has 0 amide bonds. The van der Waals surface area contributed by atoms with E-state index in [0.717, 1.165) is 18.0 Å². The van der Waals surface area contributed by atoms with E-state index in [1.807, 2.05) is 0 Å². The van der Waals surface area contributed by atoms with E-state index in [-0.39, 0.29) is 0 Å². The van der Waals surface area contributed by atoms with Crippen molar-refractivity contribution in [3.63, 3.8) is 0 Å². The monoisotopic (exact) mass is 236 g/mol. The first-order valence-electron chi connectivity index (χ1n) is 7.40. The fourth-order valence-electron chi connectivity index (χ4n) is 3.77. The maximum atomic E-state index is 4.00. The van der Waals surface area contributed by atoms with E-state index < -0.39 is 0 Å². The number of likely N-dealkylation sites (tertiary alicyclic amines) is 2. The van der Waals surface area contributed by atoms with Crippen LogP contribution in [0.25, 0.3) is 0 Å². The molecular formula is C15H28N2. The third-order valence-electron chi connectivity index (χ3n) is 4.59. The van der Waals surface area contributed by atoms with Crippen molar-refractivity contribution in [1.29, 1.82) is 0 Å². The van der Waals surface area contributed by atoms with Crippen molar-refractivity contribution in [1.82, 2.24) is 9.80 Å². The standard InChI is InChI=1S/C15H28N2/c1-4-9-17-12-13(5-2)11-15(17)14-8-7-10-16(14)6-3/h5,13-15H,2,4,6-12H2,1,3H3/t13-,14?,15?/m1/s1. The van der Waals surface area contributed by atoms with Gasteiger partial charge in [0.1, 0.15) is 0 Å². The summed E-state index contributed by atoms with van der Waals surface area (Å²) in [7, 11) is 0. The molecule has 2 unspecified atom stereocenters. The van der Waals surface area contributed by atoms with E-state index in [9.17, 15) is 0 Å². The van der Waals surface area contributed by atoms with Gasteiger partial charge in [0.2, 0.25) is 0 Å². The van der Waals surface area contributed by atoms with Crippen LogP contribution in [0, 0.1) is 5.92 Å².